The molecule has 0 saturated carbocycles. The maximum Gasteiger partial charge on any atom is 0.353 e. The van der Waals surface area contributed by atoms with Gasteiger partial charge in [-0.15, -0.1) is 0 Å². The van der Waals surface area contributed by atoms with Crippen molar-refractivity contribution in [2.45, 2.75) is 5.41 Å². The van der Waals surface area contributed by atoms with E-state index in [1.807, 2.05) is 6.20 Å². The number of benzene rings is 5. The molecule has 9 aromatic rings. The summed E-state index contributed by atoms with van der Waals surface area (Å²) in [6, 6.07) is 44.9. The quantitative estimate of drug-likeness (QED) is 0.125. The normalized spacial score (nSPS) is 18.1. The zero-order chi connectivity index (χ0) is 32.2. The van der Waals surface area contributed by atoms with Gasteiger partial charge < -0.3 is 4.74 Å². The van der Waals surface area contributed by atoms with E-state index in [-0.39, 0.29) is 0 Å². The fourth-order valence-corrected chi connectivity index (χ4v) is 10.8. The van der Waals surface area contributed by atoms with Crippen LogP contribution < -0.4 is 18.8 Å². The van der Waals surface area contributed by atoms with Crippen molar-refractivity contribution in [2.75, 3.05) is 0 Å². The minimum absolute atomic E-state index is 0.310. The molecule has 0 bridgehead atoms. The van der Waals surface area contributed by atoms with Gasteiger partial charge in [0.15, 0.2) is 11.9 Å². The van der Waals surface area contributed by atoms with E-state index in [4.69, 9.17) is 9.72 Å². The molecule has 0 amide bonds. The number of imidazole rings is 1. The molecule has 0 saturated heterocycles. The summed E-state index contributed by atoms with van der Waals surface area (Å²) in [5.41, 5.74) is 16.3. The lowest BCUT2D eigenvalue weighted by molar-refractivity contribution is -1.01. The molecule has 0 N–H and O–H groups in total. The topological polar surface area (TPSA) is 39.7 Å². The minimum atomic E-state index is -0.527. The first kappa shape index (κ1) is 24.6. The number of fused-ring (bicyclic) bond motifs is 12. The Hall–Kier alpha value is -6.57. The summed E-state index contributed by atoms with van der Waals surface area (Å²) in [7, 11) is 2.14. The number of hydrogen-bond acceptors (Lipinski definition) is 2. The average Bonchev–Trinajstić information content (AvgIpc) is 3.86. The third kappa shape index (κ3) is 2.15. The molecule has 7 heteroatoms. The highest BCUT2D eigenvalue weighted by Gasteiger charge is 2.71. The van der Waals surface area contributed by atoms with Crippen molar-refractivity contribution < 1.29 is 14.1 Å². The fourth-order valence-electron chi connectivity index (χ4n) is 10.8. The lowest BCUT2D eigenvalue weighted by atomic mass is 9.65. The zero-order valence-electron chi connectivity index (χ0n) is 26.8. The number of hydrogen-bond donors (Lipinski definition) is 0. The molecule has 1 unspecified atom stereocenters. The van der Waals surface area contributed by atoms with Gasteiger partial charge in [0.05, 0.1) is 22.5 Å². The molecule has 0 fully saturated rings. The second-order valence-electron chi connectivity index (χ2n) is 14.2. The van der Waals surface area contributed by atoms with Crippen LogP contribution in [-0.2, 0) is 12.5 Å². The molecule has 230 valence electrons. The molecule has 8 heterocycles. The van der Waals surface area contributed by atoms with E-state index in [0.717, 1.165) is 45.4 Å². The Morgan fingerprint density at radius 2 is 1.40 bits per heavy atom. The first-order valence-corrected chi connectivity index (χ1v) is 17.2. The van der Waals surface area contributed by atoms with E-state index in [1.165, 1.54) is 61.0 Å². The van der Waals surface area contributed by atoms with Crippen LogP contribution in [0.15, 0.2) is 134 Å². The first-order valence-electron chi connectivity index (χ1n) is 17.2. The Balaban J connectivity index is 1.32. The van der Waals surface area contributed by atoms with Crippen LogP contribution in [-0.4, -0.2) is 14.1 Å². The summed E-state index contributed by atoms with van der Waals surface area (Å²) in [5, 5.41) is 2.49. The van der Waals surface area contributed by atoms with Crippen molar-refractivity contribution in [3.8, 4) is 39.7 Å². The fraction of sp³-hybridized carbons (Fsp3) is 0.0465. The molecule has 7 nitrogen and oxygen atoms in total. The molecule has 50 heavy (non-hydrogen) atoms. The van der Waals surface area contributed by atoms with E-state index in [0.29, 0.717) is 4.70 Å². The minimum Gasteiger partial charge on any atom is -0.444 e. The molecule has 2 spiro atoms. The predicted molar refractivity (Wildman–Crippen MR) is 191 cm³/mol. The predicted octanol–water partition coefficient (Wildman–Crippen LogP) is 7.89. The summed E-state index contributed by atoms with van der Waals surface area (Å²) >= 11 is 0. The summed E-state index contributed by atoms with van der Waals surface area (Å²) in [6.07, 6.45) is 4.16. The van der Waals surface area contributed by atoms with E-state index in [2.05, 4.69) is 153 Å². The number of pyridine rings is 2. The molecular formula is C43H25N6O+3. The van der Waals surface area contributed by atoms with Crippen LogP contribution in [0, 0.1) is 0 Å². The van der Waals surface area contributed by atoms with Crippen LogP contribution in [0.2, 0.25) is 0 Å². The van der Waals surface area contributed by atoms with Crippen LogP contribution in [0.25, 0.3) is 61.3 Å². The number of aryl methyl sites for hydroxylation is 1. The van der Waals surface area contributed by atoms with E-state index in [1.54, 1.807) is 0 Å². The van der Waals surface area contributed by atoms with Crippen molar-refractivity contribution >= 4 is 44.5 Å². The monoisotopic (exact) mass is 641 g/mol. The van der Waals surface area contributed by atoms with Gasteiger partial charge in [0, 0.05) is 27.4 Å². The first-order chi connectivity index (χ1) is 24.8. The number of para-hydroxylation sites is 2. The van der Waals surface area contributed by atoms with E-state index < -0.39 is 5.41 Å². The van der Waals surface area contributed by atoms with Crippen LogP contribution >= 0.6 is 0 Å². The Labute approximate surface area is 284 Å². The van der Waals surface area contributed by atoms with Gasteiger partial charge in [0.25, 0.3) is 16.9 Å². The van der Waals surface area contributed by atoms with Gasteiger partial charge >= 0.3 is 17.2 Å². The number of quaternary nitrogens is 1. The highest BCUT2D eigenvalue weighted by molar-refractivity contribution is 6.12. The van der Waals surface area contributed by atoms with Crippen molar-refractivity contribution in [3.63, 3.8) is 0 Å². The zero-order valence-corrected chi connectivity index (χ0v) is 26.8. The molecular weight excluding hydrogens is 617 g/mol. The van der Waals surface area contributed by atoms with E-state index >= 15 is 0 Å². The van der Waals surface area contributed by atoms with Gasteiger partial charge in [-0.1, -0.05) is 66.7 Å². The Kier molecular flexibility index (Phi) is 3.69. The lowest BCUT2D eigenvalue weighted by Crippen LogP contribution is -2.84. The summed E-state index contributed by atoms with van der Waals surface area (Å²) in [5.74, 6) is 2.83. The maximum absolute atomic E-state index is 7.05. The SMILES string of the molecule is Cn1c2[n+](c3cccnc31)[N+]13c4c(cccc4-2)Oc2ccc4c(c21)-n1c2c(cccc2c2ccc[n+]3c21)C41c2ccccc2-c2ccccc21. The van der Waals surface area contributed by atoms with Gasteiger partial charge in [0.1, 0.15) is 11.1 Å². The molecule has 5 aromatic carbocycles. The molecule has 4 aliphatic heterocycles. The van der Waals surface area contributed by atoms with Crippen LogP contribution in [0.3, 0.4) is 0 Å². The standard InChI is InChI=1S/C43H25N6O/c1-45-40-33(18-8-22-44-40)48-41(45)28-13-7-19-34-38(28)49(48)39-35(50-34)21-20-32-37(39)47-36-26(27-14-9-23-46(49)42(27)47)12-6-17-31(36)43(32)29-15-4-2-10-24(29)25-11-3-5-16-30(25)43/h2-23H,1H3/q+3. The number of ether oxygens (including phenoxy) is 1. The molecule has 4 aromatic heterocycles. The third-order valence-corrected chi connectivity index (χ3v) is 12.3. The Morgan fingerprint density at radius 3 is 2.26 bits per heavy atom. The van der Waals surface area contributed by atoms with Gasteiger partial charge in [-0.3, -0.25) is 0 Å². The van der Waals surface area contributed by atoms with Gasteiger partial charge in [-0.2, -0.15) is 4.57 Å². The molecule has 5 aliphatic rings. The lowest BCUT2D eigenvalue weighted by Gasteiger charge is -2.40. The van der Waals surface area contributed by atoms with E-state index in [9.17, 15) is 0 Å². The largest absolute Gasteiger partial charge is 0.444 e. The molecule has 14 rings (SSSR count). The number of aromatic nitrogens is 5. The maximum atomic E-state index is 7.05. The van der Waals surface area contributed by atoms with Gasteiger partial charge in [0.2, 0.25) is 11.4 Å². The van der Waals surface area contributed by atoms with Gasteiger partial charge in [-0.05, 0) is 81.5 Å². The van der Waals surface area contributed by atoms with Gasteiger partial charge in [-0.25, -0.2) is 9.55 Å². The number of nitrogens with zero attached hydrogens (tertiary/aromatic N) is 6. The Morgan fingerprint density at radius 1 is 0.660 bits per heavy atom. The second-order valence-corrected chi connectivity index (χ2v) is 14.2. The molecule has 1 aliphatic carbocycles. The van der Waals surface area contributed by atoms with Crippen LogP contribution in [0.1, 0.15) is 22.3 Å². The van der Waals surface area contributed by atoms with Crippen molar-refractivity contribution in [2.24, 2.45) is 7.05 Å². The third-order valence-electron chi connectivity index (χ3n) is 12.3. The van der Waals surface area contributed by atoms with Crippen molar-refractivity contribution in [1.82, 2.24) is 18.8 Å². The smallest absolute Gasteiger partial charge is 0.353 e. The van der Waals surface area contributed by atoms with Crippen molar-refractivity contribution in [3.05, 3.63) is 156 Å². The number of rotatable bonds is 0. The highest BCUT2D eigenvalue weighted by atomic mass is 16.5. The summed E-state index contributed by atoms with van der Waals surface area (Å²) in [4.78, 5) is 4.94. The van der Waals surface area contributed by atoms with Crippen molar-refractivity contribution in [1.29, 1.82) is 0 Å². The van der Waals surface area contributed by atoms with Crippen LogP contribution in [0.4, 0.5) is 11.4 Å². The molecule has 0 radical (unpaired) electrons. The Bertz CT molecular complexity index is 3120. The molecule has 1 atom stereocenters. The summed E-state index contributed by atoms with van der Waals surface area (Å²) < 4.78 is 17.1. The average molecular weight is 642 g/mol. The van der Waals surface area contributed by atoms with Crippen LogP contribution in [0.5, 0.6) is 11.5 Å². The highest BCUT2D eigenvalue weighted by Crippen LogP contribution is 2.66. The second kappa shape index (κ2) is 7.52. The summed E-state index contributed by atoms with van der Waals surface area (Å²) in [6.45, 7) is 0.